The number of sulfonamides is 1. The Morgan fingerprint density at radius 3 is 2.67 bits per heavy atom. The lowest BCUT2D eigenvalue weighted by atomic mass is 10.1. The minimum Gasteiger partial charge on any atom is -0.229 e. The fourth-order valence-electron chi connectivity index (χ4n) is 2.36. The second-order valence-electron chi connectivity index (χ2n) is 5.37. The summed E-state index contributed by atoms with van der Waals surface area (Å²) >= 11 is 0. The van der Waals surface area contributed by atoms with E-state index in [0.717, 1.165) is 6.07 Å². The van der Waals surface area contributed by atoms with E-state index < -0.39 is 25.7 Å². The van der Waals surface area contributed by atoms with Crippen molar-refractivity contribution in [2.75, 3.05) is 18.1 Å². The van der Waals surface area contributed by atoms with Gasteiger partial charge in [-0.3, -0.25) is 0 Å². The van der Waals surface area contributed by atoms with Crippen LogP contribution in [0.2, 0.25) is 0 Å². The van der Waals surface area contributed by atoms with Crippen LogP contribution in [0.4, 0.5) is 4.39 Å². The van der Waals surface area contributed by atoms with E-state index in [2.05, 4.69) is 4.72 Å². The van der Waals surface area contributed by atoms with Gasteiger partial charge in [-0.05, 0) is 49.4 Å². The molecule has 1 heterocycles. The monoisotopic (exact) mass is 335 g/mol. The van der Waals surface area contributed by atoms with E-state index in [1.54, 1.807) is 0 Å². The predicted octanol–water partition coefficient (Wildman–Crippen LogP) is 1.24. The summed E-state index contributed by atoms with van der Waals surface area (Å²) in [5, 5.41) is 0. The lowest BCUT2D eigenvalue weighted by Crippen LogP contribution is -2.26. The molecule has 1 aromatic carbocycles. The molecule has 0 spiro atoms. The van der Waals surface area contributed by atoms with E-state index in [0.29, 0.717) is 12.8 Å². The minimum absolute atomic E-state index is 0.00709. The zero-order chi connectivity index (χ0) is 15.7. The molecule has 0 aliphatic carbocycles. The molecule has 1 atom stereocenters. The van der Waals surface area contributed by atoms with Gasteiger partial charge in [0.05, 0.1) is 16.4 Å². The van der Waals surface area contributed by atoms with E-state index in [1.165, 1.54) is 19.1 Å². The maximum Gasteiger partial charge on any atom is 0.240 e. The van der Waals surface area contributed by atoms with Gasteiger partial charge >= 0.3 is 0 Å². The van der Waals surface area contributed by atoms with Crippen molar-refractivity contribution in [1.29, 1.82) is 0 Å². The van der Waals surface area contributed by atoms with Crippen LogP contribution < -0.4 is 4.72 Å². The molecule has 21 heavy (non-hydrogen) atoms. The molecule has 1 aromatic rings. The first-order chi connectivity index (χ1) is 9.70. The fraction of sp³-hybridized carbons (Fsp3) is 0.538. The van der Waals surface area contributed by atoms with Crippen LogP contribution in [0.3, 0.4) is 0 Å². The van der Waals surface area contributed by atoms with Crippen molar-refractivity contribution in [2.45, 2.75) is 24.7 Å². The maximum absolute atomic E-state index is 13.1. The molecular formula is C13H18FNO4S2. The van der Waals surface area contributed by atoms with Crippen molar-refractivity contribution in [3.05, 3.63) is 29.6 Å². The summed E-state index contributed by atoms with van der Waals surface area (Å²) < 4.78 is 62.3. The molecule has 1 aliphatic heterocycles. The van der Waals surface area contributed by atoms with Gasteiger partial charge in [0.15, 0.2) is 9.84 Å². The van der Waals surface area contributed by atoms with Crippen molar-refractivity contribution < 1.29 is 21.2 Å². The lowest BCUT2D eigenvalue weighted by Gasteiger charge is -2.10. The van der Waals surface area contributed by atoms with Crippen molar-refractivity contribution >= 4 is 19.9 Å². The van der Waals surface area contributed by atoms with Gasteiger partial charge in [0.25, 0.3) is 0 Å². The van der Waals surface area contributed by atoms with E-state index in [-0.39, 0.29) is 34.4 Å². The molecule has 0 radical (unpaired) electrons. The Hall–Kier alpha value is -0.990. The smallest absolute Gasteiger partial charge is 0.229 e. The molecule has 8 heteroatoms. The number of hydrogen-bond acceptors (Lipinski definition) is 4. The average Bonchev–Trinajstić information content (AvgIpc) is 2.72. The molecule has 118 valence electrons. The number of hydrogen-bond donors (Lipinski definition) is 1. The molecule has 1 fully saturated rings. The van der Waals surface area contributed by atoms with Crippen molar-refractivity contribution in [1.82, 2.24) is 4.72 Å². The van der Waals surface area contributed by atoms with E-state index in [1.807, 2.05) is 0 Å². The van der Waals surface area contributed by atoms with Gasteiger partial charge in [0.1, 0.15) is 5.82 Å². The van der Waals surface area contributed by atoms with Crippen LogP contribution in [0.5, 0.6) is 0 Å². The summed E-state index contributed by atoms with van der Waals surface area (Å²) in [6.45, 7) is 1.68. The third-order valence-corrected chi connectivity index (χ3v) is 6.91. The van der Waals surface area contributed by atoms with E-state index in [4.69, 9.17) is 0 Å². The summed E-state index contributed by atoms with van der Waals surface area (Å²) in [4.78, 5) is 0.0143. The Morgan fingerprint density at radius 2 is 2.10 bits per heavy atom. The Balaban J connectivity index is 1.94. The van der Waals surface area contributed by atoms with Gasteiger partial charge in [-0.2, -0.15) is 0 Å². The predicted molar refractivity (Wildman–Crippen MR) is 77.7 cm³/mol. The van der Waals surface area contributed by atoms with E-state index >= 15 is 0 Å². The zero-order valence-corrected chi connectivity index (χ0v) is 13.3. The van der Waals surface area contributed by atoms with Gasteiger partial charge in [0, 0.05) is 6.54 Å². The highest BCUT2D eigenvalue weighted by Gasteiger charge is 2.27. The molecule has 1 N–H and O–H groups in total. The van der Waals surface area contributed by atoms with Crippen LogP contribution in [-0.2, 0) is 19.9 Å². The van der Waals surface area contributed by atoms with Crippen LogP contribution >= 0.6 is 0 Å². The SMILES string of the molecule is Cc1cc(S(=O)(=O)NCCC2CCS(=O)(=O)C2)ccc1F. The quantitative estimate of drug-likeness (QED) is 0.878. The largest absolute Gasteiger partial charge is 0.240 e. The zero-order valence-electron chi connectivity index (χ0n) is 11.7. The molecule has 2 rings (SSSR count). The first-order valence-electron chi connectivity index (χ1n) is 6.66. The number of rotatable bonds is 5. The third-order valence-electron chi connectivity index (χ3n) is 3.61. The van der Waals surface area contributed by atoms with Crippen molar-refractivity contribution in [3.63, 3.8) is 0 Å². The minimum atomic E-state index is -3.69. The second kappa shape index (κ2) is 6.02. The number of sulfone groups is 1. The molecule has 1 unspecified atom stereocenters. The first kappa shape index (κ1) is 16.4. The lowest BCUT2D eigenvalue weighted by molar-refractivity contribution is 0.527. The summed E-state index contributed by atoms with van der Waals surface area (Å²) in [5.41, 5.74) is 0.264. The summed E-state index contributed by atoms with van der Waals surface area (Å²) in [5.74, 6) is -0.135. The Morgan fingerprint density at radius 1 is 1.38 bits per heavy atom. The Labute approximate surface area is 124 Å². The number of halogens is 1. The maximum atomic E-state index is 13.1. The van der Waals surface area contributed by atoms with Gasteiger partial charge in [-0.1, -0.05) is 0 Å². The molecule has 1 aliphatic rings. The molecule has 0 amide bonds. The molecule has 0 aromatic heterocycles. The van der Waals surface area contributed by atoms with Crippen molar-refractivity contribution in [2.24, 2.45) is 5.92 Å². The molecular weight excluding hydrogens is 317 g/mol. The molecule has 0 saturated carbocycles. The van der Waals surface area contributed by atoms with Gasteiger partial charge < -0.3 is 0 Å². The highest BCUT2D eigenvalue weighted by Crippen LogP contribution is 2.21. The van der Waals surface area contributed by atoms with Gasteiger partial charge in [-0.15, -0.1) is 0 Å². The summed E-state index contributed by atoms with van der Waals surface area (Å²) in [7, 11) is -6.63. The van der Waals surface area contributed by atoms with Crippen LogP contribution in [0, 0.1) is 18.7 Å². The Bertz CT molecular complexity index is 729. The number of benzene rings is 1. The van der Waals surface area contributed by atoms with Gasteiger partial charge in [-0.25, -0.2) is 25.9 Å². The normalized spacial score (nSPS) is 21.5. The number of nitrogens with one attached hydrogen (secondary N) is 1. The van der Waals surface area contributed by atoms with Crippen LogP contribution in [0.15, 0.2) is 23.1 Å². The highest BCUT2D eigenvalue weighted by molar-refractivity contribution is 7.91. The Kier molecular flexibility index (Phi) is 4.69. The third kappa shape index (κ3) is 4.24. The van der Waals surface area contributed by atoms with Crippen LogP contribution in [0.25, 0.3) is 0 Å². The van der Waals surface area contributed by atoms with Gasteiger partial charge in [0.2, 0.25) is 10.0 Å². The van der Waals surface area contributed by atoms with Crippen LogP contribution in [-0.4, -0.2) is 34.9 Å². The second-order valence-corrected chi connectivity index (χ2v) is 9.36. The molecule has 5 nitrogen and oxygen atoms in total. The fourth-order valence-corrected chi connectivity index (χ4v) is 5.41. The number of aryl methyl sites for hydroxylation is 1. The molecule has 0 bridgehead atoms. The molecule has 1 saturated heterocycles. The van der Waals surface area contributed by atoms with Crippen molar-refractivity contribution in [3.8, 4) is 0 Å². The topological polar surface area (TPSA) is 80.3 Å². The highest BCUT2D eigenvalue weighted by atomic mass is 32.2. The average molecular weight is 335 g/mol. The first-order valence-corrected chi connectivity index (χ1v) is 9.96. The summed E-state index contributed by atoms with van der Waals surface area (Å²) in [6, 6.07) is 3.61. The van der Waals surface area contributed by atoms with E-state index in [9.17, 15) is 21.2 Å². The standard InChI is InChI=1S/C13H18FNO4S2/c1-10-8-12(2-3-13(10)14)21(18,19)15-6-4-11-5-7-20(16,17)9-11/h2-3,8,11,15H,4-7,9H2,1H3. The van der Waals surface area contributed by atoms with Crippen LogP contribution in [0.1, 0.15) is 18.4 Å². The summed E-state index contributed by atoms with van der Waals surface area (Å²) in [6.07, 6.45) is 1.07.